The van der Waals surface area contributed by atoms with Crippen molar-refractivity contribution in [3.05, 3.63) is 33.9 Å². The van der Waals surface area contributed by atoms with E-state index in [1.54, 1.807) is 4.90 Å². The Morgan fingerprint density at radius 1 is 1.50 bits per heavy atom. The number of nitro benzene ring substituents is 1. The van der Waals surface area contributed by atoms with Gasteiger partial charge in [0.05, 0.1) is 10.5 Å². The molecular formula is C11H14N4O3. The lowest BCUT2D eigenvalue weighted by Gasteiger charge is -2.16. The van der Waals surface area contributed by atoms with Crippen molar-refractivity contribution in [2.75, 3.05) is 18.8 Å². The highest BCUT2D eigenvalue weighted by molar-refractivity contribution is 6.01. The maximum Gasteiger partial charge on any atom is 0.292 e. The molecule has 1 heterocycles. The molecule has 0 spiro atoms. The minimum absolute atomic E-state index is 0.0335. The van der Waals surface area contributed by atoms with E-state index in [0.29, 0.717) is 13.1 Å². The largest absolute Gasteiger partial charge is 0.393 e. The number of amides is 1. The number of nitro groups is 1. The molecule has 0 aromatic heterocycles. The van der Waals surface area contributed by atoms with Crippen LogP contribution >= 0.6 is 0 Å². The van der Waals surface area contributed by atoms with Crippen LogP contribution in [0.25, 0.3) is 0 Å². The average molecular weight is 250 g/mol. The van der Waals surface area contributed by atoms with Gasteiger partial charge in [0.25, 0.3) is 11.6 Å². The molecule has 0 radical (unpaired) electrons. The van der Waals surface area contributed by atoms with Gasteiger partial charge in [-0.25, -0.2) is 0 Å². The second-order valence-electron chi connectivity index (χ2n) is 4.30. The van der Waals surface area contributed by atoms with Gasteiger partial charge in [0, 0.05) is 25.2 Å². The molecule has 1 atom stereocenters. The van der Waals surface area contributed by atoms with Crippen LogP contribution in [-0.4, -0.2) is 34.9 Å². The zero-order chi connectivity index (χ0) is 13.3. The number of anilines is 1. The second kappa shape index (κ2) is 4.61. The first kappa shape index (κ1) is 12.3. The fraction of sp³-hybridized carbons (Fsp3) is 0.364. The second-order valence-corrected chi connectivity index (χ2v) is 4.30. The monoisotopic (exact) mass is 250 g/mol. The zero-order valence-corrected chi connectivity index (χ0v) is 9.70. The van der Waals surface area contributed by atoms with Crippen LogP contribution in [0.4, 0.5) is 11.4 Å². The van der Waals surface area contributed by atoms with E-state index in [1.165, 1.54) is 18.2 Å². The first-order chi connectivity index (χ1) is 8.50. The molecule has 18 heavy (non-hydrogen) atoms. The van der Waals surface area contributed by atoms with Crippen LogP contribution in [0, 0.1) is 10.1 Å². The highest BCUT2D eigenvalue weighted by Crippen LogP contribution is 2.26. The molecule has 0 unspecified atom stereocenters. The van der Waals surface area contributed by atoms with Gasteiger partial charge in [-0.1, -0.05) is 6.07 Å². The maximum atomic E-state index is 12.2. The topological polar surface area (TPSA) is 115 Å². The molecule has 1 amide bonds. The van der Waals surface area contributed by atoms with Crippen molar-refractivity contribution in [1.29, 1.82) is 0 Å². The summed E-state index contributed by atoms with van der Waals surface area (Å²) in [6.07, 6.45) is 0.737. The molecule has 1 fully saturated rings. The summed E-state index contributed by atoms with van der Waals surface area (Å²) < 4.78 is 0. The normalized spacial score (nSPS) is 18.9. The van der Waals surface area contributed by atoms with Gasteiger partial charge in [0.2, 0.25) is 0 Å². The Kier molecular flexibility index (Phi) is 3.15. The lowest BCUT2D eigenvalue weighted by molar-refractivity contribution is -0.383. The highest BCUT2D eigenvalue weighted by atomic mass is 16.6. The molecule has 2 rings (SSSR count). The van der Waals surface area contributed by atoms with Crippen LogP contribution < -0.4 is 11.5 Å². The van der Waals surface area contributed by atoms with E-state index in [0.717, 1.165) is 6.42 Å². The van der Waals surface area contributed by atoms with Crippen molar-refractivity contribution < 1.29 is 9.72 Å². The summed E-state index contributed by atoms with van der Waals surface area (Å²) in [6, 6.07) is 4.20. The summed E-state index contributed by atoms with van der Waals surface area (Å²) in [5, 5.41) is 10.8. The number of carbonyl (C=O) groups is 1. The summed E-state index contributed by atoms with van der Waals surface area (Å²) >= 11 is 0. The first-order valence-electron chi connectivity index (χ1n) is 5.58. The lowest BCUT2D eigenvalue weighted by Crippen LogP contribution is -2.32. The highest BCUT2D eigenvalue weighted by Gasteiger charge is 2.27. The summed E-state index contributed by atoms with van der Waals surface area (Å²) in [4.78, 5) is 23.9. The first-order valence-corrected chi connectivity index (χ1v) is 5.58. The Morgan fingerprint density at radius 2 is 2.22 bits per heavy atom. The van der Waals surface area contributed by atoms with Gasteiger partial charge in [-0.15, -0.1) is 0 Å². The fourth-order valence-electron chi connectivity index (χ4n) is 2.04. The fourth-order valence-corrected chi connectivity index (χ4v) is 2.04. The number of para-hydroxylation sites is 1. The van der Waals surface area contributed by atoms with Crippen LogP contribution in [0.2, 0.25) is 0 Å². The number of nitrogen functional groups attached to an aromatic ring is 1. The molecule has 0 saturated carbocycles. The number of benzene rings is 1. The summed E-state index contributed by atoms with van der Waals surface area (Å²) in [6.45, 7) is 1.02. The molecular weight excluding hydrogens is 236 g/mol. The van der Waals surface area contributed by atoms with Gasteiger partial charge < -0.3 is 16.4 Å². The van der Waals surface area contributed by atoms with Gasteiger partial charge in [0.1, 0.15) is 5.69 Å². The smallest absolute Gasteiger partial charge is 0.292 e. The molecule has 7 heteroatoms. The van der Waals surface area contributed by atoms with E-state index < -0.39 is 4.92 Å². The lowest BCUT2D eigenvalue weighted by atomic mass is 10.1. The van der Waals surface area contributed by atoms with Crippen molar-refractivity contribution in [3.63, 3.8) is 0 Å². The van der Waals surface area contributed by atoms with Crippen molar-refractivity contribution in [1.82, 2.24) is 4.90 Å². The standard InChI is InChI=1S/C11H14N4O3/c12-7-4-5-14(6-7)11(16)8-2-1-3-9(10(8)13)15(17)18/h1-3,7H,4-6,12-13H2/t7-/m1/s1. The van der Waals surface area contributed by atoms with Crippen LogP contribution in [0.1, 0.15) is 16.8 Å². The quantitative estimate of drug-likeness (QED) is 0.446. The van der Waals surface area contributed by atoms with Crippen molar-refractivity contribution in [2.24, 2.45) is 5.73 Å². The molecule has 0 bridgehead atoms. The number of nitrogens with two attached hydrogens (primary N) is 2. The maximum absolute atomic E-state index is 12.2. The molecule has 1 aliphatic rings. The predicted molar refractivity (Wildman–Crippen MR) is 66.0 cm³/mol. The van der Waals surface area contributed by atoms with E-state index >= 15 is 0 Å². The SMILES string of the molecule is Nc1c(C(=O)N2CC[C@@H](N)C2)cccc1[N+](=O)[O-]. The number of hydrogen-bond donors (Lipinski definition) is 2. The summed E-state index contributed by atoms with van der Waals surface area (Å²) in [7, 11) is 0. The Bertz CT molecular complexity index is 503. The van der Waals surface area contributed by atoms with E-state index in [-0.39, 0.29) is 28.9 Å². The molecule has 7 nitrogen and oxygen atoms in total. The molecule has 1 aliphatic heterocycles. The molecule has 1 aromatic carbocycles. The molecule has 1 aromatic rings. The summed E-state index contributed by atoms with van der Waals surface area (Å²) in [5.74, 6) is -0.302. The third kappa shape index (κ3) is 2.12. The van der Waals surface area contributed by atoms with Crippen LogP contribution in [0.3, 0.4) is 0 Å². The van der Waals surface area contributed by atoms with Crippen molar-refractivity contribution in [3.8, 4) is 0 Å². The van der Waals surface area contributed by atoms with Crippen LogP contribution in [-0.2, 0) is 0 Å². The average Bonchev–Trinajstić information content (AvgIpc) is 2.75. The molecule has 4 N–H and O–H groups in total. The minimum atomic E-state index is -0.595. The van der Waals surface area contributed by atoms with E-state index in [2.05, 4.69) is 0 Å². The summed E-state index contributed by atoms with van der Waals surface area (Å²) in [5.41, 5.74) is 11.2. The van der Waals surface area contributed by atoms with Crippen molar-refractivity contribution in [2.45, 2.75) is 12.5 Å². The molecule has 1 saturated heterocycles. The third-order valence-corrected chi connectivity index (χ3v) is 3.02. The Labute approximate surface area is 104 Å². The molecule has 96 valence electrons. The van der Waals surface area contributed by atoms with Gasteiger partial charge in [-0.2, -0.15) is 0 Å². The van der Waals surface area contributed by atoms with E-state index in [1.807, 2.05) is 0 Å². The molecule has 0 aliphatic carbocycles. The van der Waals surface area contributed by atoms with E-state index in [4.69, 9.17) is 11.5 Å². The van der Waals surface area contributed by atoms with Gasteiger partial charge in [-0.05, 0) is 12.5 Å². The van der Waals surface area contributed by atoms with Crippen molar-refractivity contribution >= 4 is 17.3 Å². The number of nitrogens with zero attached hydrogens (tertiary/aromatic N) is 2. The number of hydrogen-bond acceptors (Lipinski definition) is 5. The Morgan fingerprint density at radius 3 is 2.78 bits per heavy atom. The Balaban J connectivity index is 2.31. The van der Waals surface area contributed by atoms with Gasteiger partial charge >= 0.3 is 0 Å². The third-order valence-electron chi connectivity index (χ3n) is 3.02. The predicted octanol–water partition coefficient (Wildman–Crippen LogP) is 0.350. The van der Waals surface area contributed by atoms with E-state index in [9.17, 15) is 14.9 Å². The van der Waals surface area contributed by atoms with Gasteiger partial charge in [-0.3, -0.25) is 14.9 Å². The van der Waals surface area contributed by atoms with Gasteiger partial charge in [0.15, 0.2) is 0 Å². The number of carbonyl (C=O) groups excluding carboxylic acids is 1. The number of rotatable bonds is 2. The van der Waals surface area contributed by atoms with Crippen LogP contribution in [0.15, 0.2) is 18.2 Å². The number of likely N-dealkylation sites (tertiary alicyclic amines) is 1. The Hall–Kier alpha value is -2.15. The minimum Gasteiger partial charge on any atom is -0.393 e. The van der Waals surface area contributed by atoms with Crippen LogP contribution in [0.5, 0.6) is 0 Å². The zero-order valence-electron chi connectivity index (χ0n) is 9.70.